The van der Waals surface area contributed by atoms with Crippen LogP contribution in [-0.4, -0.2) is 55.0 Å². The van der Waals surface area contributed by atoms with E-state index in [0.29, 0.717) is 6.61 Å². The molecule has 19 heavy (non-hydrogen) atoms. The van der Waals surface area contributed by atoms with Crippen LogP contribution in [0.3, 0.4) is 0 Å². The Morgan fingerprint density at radius 2 is 2.05 bits per heavy atom. The summed E-state index contributed by atoms with van der Waals surface area (Å²) in [6.07, 6.45) is 0. The molecule has 0 saturated heterocycles. The molecule has 0 N–H and O–H groups in total. The van der Waals surface area contributed by atoms with Crippen LogP contribution in [0.15, 0.2) is 6.07 Å². The van der Waals surface area contributed by atoms with E-state index in [1.165, 1.54) is 0 Å². The van der Waals surface area contributed by atoms with Gasteiger partial charge in [0.25, 0.3) is 0 Å². The molecule has 0 amide bonds. The standard InChI is InChI=1S/C14H23ClN2O2/c1-11-9-13(14(18)10-15)12(2)17(11)6-8-19-7-5-16(3)4/h9H,5-8,10H2,1-4H3. The second kappa shape index (κ2) is 7.68. The van der Waals surface area contributed by atoms with E-state index >= 15 is 0 Å². The molecule has 5 heteroatoms. The maximum Gasteiger partial charge on any atom is 0.179 e. The molecule has 4 nitrogen and oxygen atoms in total. The van der Waals surface area contributed by atoms with Crippen LogP contribution in [0.2, 0.25) is 0 Å². The molecule has 0 saturated carbocycles. The first-order valence-corrected chi connectivity index (χ1v) is 6.99. The number of carbonyl (C=O) groups excluding carboxylic acids is 1. The van der Waals surface area contributed by atoms with Gasteiger partial charge in [-0.3, -0.25) is 4.79 Å². The highest BCUT2D eigenvalue weighted by atomic mass is 35.5. The third-order valence-electron chi connectivity index (χ3n) is 3.14. The number of likely N-dealkylation sites (N-methyl/N-ethyl adjacent to an activating group) is 1. The number of aryl methyl sites for hydroxylation is 1. The van der Waals surface area contributed by atoms with Gasteiger partial charge in [0, 0.05) is 30.0 Å². The van der Waals surface area contributed by atoms with E-state index in [1.807, 2.05) is 34.0 Å². The van der Waals surface area contributed by atoms with Gasteiger partial charge in [0.15, 0.2) is 5.78 Å². The number of alkyl halides is 1. The Balaban J connectivity index is 2.54. The van der Waals surface area contributed by atoms with E-state index < -0.39 is 0 Å². The largest absolute Gasteiger partial charge is 0.378 e. The Labute approximate surface area is 120 Å². The molecule has 108 valence electrons. The van der Waals surface area contributed by atoms with Crippen molar-refractivity contribution in [1.29, 1.82) is 0 Å². The number of ketones is 1. The van der Waals surface area contributed by atoms with Gasteiger partial charge in [0.05, 0.1) is 19.1 Å². The number of nitrogens with zero attached hydrogens (tertiary/aromatic N) is 2. The first kappa shape index (κ1) is 16.2. The highest BCUT2D eigenvalue weighted by Gasteiger charge is 2.14. The van der Waals surface area contributed by atoms with Gasteiger partial charge in [-0.05, 0) is 34.0 Å². The molecule has 0 unspecified atom stereocenters. The number of hydrogen-bond donors (Lipinski definition) is 0. The van der Waals surface area contributed by atoms with E-state index in [9.17, 15) is 4.79 Å². The number of ether oxygens (including phenoxy) is 1. The van der Waals surface area contributed by atoms with Crippen molar-refractivity contribution in [3.05, 3.63) is 23.0 Å². The number of rotatable bonds is 8. The SMILES string of the molecule is Cc1cc(C(=O)CCl)c(C)n1CCOCCN(C)C. The zero-order chi connectivity index (χ0) is 14.4. The molecule has 1 aromatic heterocycles. The van der Waals surface area contributed by atoms with Crippen LogP contribution < -0.4 is 0 Å². The second-order valence-electron chi connectivity index (χ2n) is 4.91. The van der Waals surface area contributed by atoms with Crippen molar-refractivity contribution in [1.82, 2.24) is 9.47 Å². The Morgan fingerprint density at radius 3 is 2.63 bits per heavy atom. The van der Waals surface area contributed by atoms with Crippen LogP contribution in [0, 0.1) is 13.8 Å². The van der Waals surface area contributed by atoms with Crippen molar-refractivity contribution in [2.24, 2.45) is 0 Å². The van der Waals surface area contributed by atoms with Crippen LogP contribution in [0.1, 0.15) is 21.7 Å². The second-order valence-corrected chi connectivity index (χ2v) is 5.18. The molecule has 0 spiro atoms. The average molecular weight is 287 g/mol. The summed E-state index contributed by atoms with van der Waals surface area (Å²) in [7, 11) is 4.04. The molecule has 0 aliphatic rings. The first-order valence-electron chi connectivity index (χ1n) is 6.45. The number of halogens is 1. The van der Waals surface area contributed by atoms with Gasteiger partial charge in [-0.15, -0.1) is 11.6 Å². The average Bonchev–Trinajstić information content (AvgIpc) is 2.64. The number of hydrogen-bond acceptors (Lipinski definition) is 3. The van der Waals surface area contributed by atoms with E-state index in [4.69, 9.17) is 16.3 Å². The normalized spacial score (nSPS) is 11.3. The van der Waals surface area contributed by atoms with E-state index in [2.05, 4.69) is 9.47 Å². The number of aromatic nitrogens is 1. The summed E-state index contributed by atoms with van der Waals surface area (Å²) in [6.45, 7) is 7.00. The topological polar surface area (TPSA) is 34.5 Å². The fourth-order valence-electron chi connectivity index (χ4n) is 2.00. The summed E-state index contributed by atoms with van der Waals surface area (Å²) in [5, 5.41) is 0. The molecule has 0 aliphatic carbocycles. The van der Waals surface area contributed by atoms with Crippen molar-refractivity contribution < 1.29 is 9.53 Å². The summed E-state index contributed by atoms with van der Waals surface area (Å²) in [4.78, 5) is 13.8. The molecule has 0 radical (unpaired) electrons. The van der Waals surface area contributed by atoms with Crippen molar-refractivity contribution in [3.8, 4) is 0 Å². The lowest BCUT2D eigenvalue weighted by Crippen LogP contribution is -2.19. The van der Waals surface area contributed by atoms with Gasteiger partial charge in [-0.2, -0.15) is 0 Å². The monoisotopic (exact) mass is 286 g/mol. The molecule has 0 aromatic carbocycles. The predicted octanol–water partition coefficient (Wildman–Crippen LogP) is 2.10. The molecule has 0 bridgehead atoms. The predicted molar refractivity (Wildman–Crippen MR) is 78.3 cm³/mol. The van der Waals surface area contributed by atoms with E-state index in [0.717, 1.165) is 36.6 Å². The molecular weight excluding hydrogens is 264 g/mol. The highest BCUT2D eigenvalue weighted by Crippen LogP contribution is 2.16. The molecule has 0 aliphatic heterocycles. The summed E-state index contributed by atoms with van der Waals surface area (Å²) in [5.74, 6) is 0.0124. The van der Waals surface area contributed by atoms with Gasteiger partial charge in [0.2, 0.25) is 0 Å². The zero-order valence-corrected chi connectivity index (χ0v) is 13.0. The van der Waals surface area contributed by atoms with Crippen molar-refractivity contribution >= 4 is 17.4 Å². The molecule has 1 heterocycles. The third-order valence-corrected chi connectivity index (χ3v) is 3.38. The minimum absolute atomic E-state index is 0.0189. The van der Waals surface area contributed by atoms with Gasteiger partial charge in [-0.1, -0.05) is 0 Å². The van der Waals surface area contributed by atoms with Crippen LogP contribution in [0.5, 0.6) is 0 Å². The van der Waals surface area contributed by atoms with Gasteiger partial charge in [0.1, 0.15) is 0 Å². The minimum Gasteiger partial charge on any atom is -0.378 e. The van der Waals surface area contributed by atoms with Crippen LogP contribution in [-0.2, 0) is 11.3 Å². The minimum atomic E-state index is -0.0189. The van der Waals surface area contributed by atoms with E-state index in [1.54, 1.807) is 0 Å². The Morgan fingerprint density at radius 1 is 1.37 bits per heavy atom. The van der Waals surface area contributed by atoms with Crippen molar-refractivity contribution in [3.63, 3.8) is 0 Å². The smallest absolute Gasteiger partial charge is 0.179 e. The molecule has 1 rings (SSSR count). The maximum atomic E-state index is 11.7. The number of carbonyl (C=O) groups is 1. The molecule has 0 fully saturated rings. The third kappa shape index (κ3) is 4.64. The van der Waals surface area contributed by atoms with Gasteiger partial charge in [-0.25, -0.2) is 0 Å². The zero-order valence-electron chi connectivity index (χ0n) is 12.2. The Bertz CT molecular complexity index is 427. The van der Waals surface area contributed by atoms with Gasteiger partial charge < -0.3 is 14.2 Å². The van der Waals surface area contributed by atoms with Gasteiger partial charge >= 0.3 is 0 Å². The lowest BCUT2D eigenvalue weighted by Gasteiger charge is -2.12. The lowest BCUT2D eigenvalue weighted by atomic mass is 10.2. The van der Waals surface area contributed by atoms with Crippen LogP contribution >= 0.6 is 11.6 Å². The molecule has 1 aromatic rings. The van der Waals surface area contributed by atoms with Crippen LogP contribution in [0.4, 0.5) is 0 Å². The molecular formula is C14H23ClN2O2. The fraction of sp³-hybridized carbons (Fsp3) is 0.643. The summed E-state index contributed by atoms with van der Waals surface area (Å²) in [5.41, 5.74) is 2.77. The maximum absolute atomic E-state index is 11.7. The number of Topliss-reactive ketones (excluding diaryl/α,β-unsaturated/α-hetero) is 1. The van der Waals surface area contributed by atoms with Crippen molar-refractivity contribution in [2.45, 2.75) is 20.4 Å². The highest BCUT2D eigenvalue weighted by molar-refractivity contribution is 6.30. The fourth-order valence-corrected chi connectivity index (χ4v) is 2.15. The molecule has 0 atom stereocenters. The summed E-state index contributed by atoms with van der Waals surface area (Å²) < 4.78 is 7.69. The van der Waals surface area contributed by atoms with Crippen molar-refractivity contribution in [2.75, 3.05) is 39.7 Å². The first-order chi connectivity index (χ1) is 8.97. The Hall–Kier alpha value is -0.840. The lowest BCUT2D eigenvalue weighted by molar-refractivity contribution is 0.101. The Kier molecular flexibility index (Phi) is 6.55. The van der Waals surface area contributed by atoms with E-state index in [-0.39, 0.29) is 11.7 Å². The summed E-state index contributed by atoms with van der Waals surface area (Å²) >= 11 is 5.61. The quantitative estimate of drug-likeness (QED) is 0.417. The summed E-state index contributed by atoms with van der Waals surface area (Å²) in [6, 6.07) is 1.90. The van der Waals surface area contributed by atoms with Crippen LogP contribution in [0.25, 0.3) is 0 Å².